The predicted molar refractivity (Wildman–Crippen MR) is 45.8 cm³/mol. The molecule has 0 heterocycles. The summed E-state index contributed by atoms with van der Waals surface area (Å²) in [6.45, 7) is 0. The average molecular weight is 255 g/mol. The second-order valence-corrected chi connectivity index (χ2v) is 2.98. The Hall–Kier alpha value is -0.650. The third kappa shape index (κ3) is 1.66. The molecule has 1 rings (SSSR count). The van der Waals surface area contributed by atoms with Crippen molar-refractivity contribution in [2.75, 3.05) is 0 Å². The maximum Gasteiger partial charge on any atom is 0.269 e. The van der Waals surface area contributed by atoms with Crippen LogP contribution in [0.5, 0.6) is 0 Å². The van der Waals surface area contributed by atoms with E-state index in [1.54, 1.807) is 12.1 Å². The molecule has 0 saturated carbocycles. The minimum Gasteiger partial charge on any atom is -0.258 e. The molecule has 0 fully saturated rings. The Kier molecular flexibility index (Phi) is 2.21. The largest absolute Gasteiger partial charge is 0.269 e. The lowest BCUT2D eigenvalue weighted by atomic mass is 11.3. The van der Waals surface area contributed by atoms with Crippen LogP contribution < -0.4 is 0 Å². The van der Waals surface area contributed by atoms with Crippen molar-refractivity contribution in [1.29, 1.82) is 0 Å². The molecule has 52 valence electrons. The monoisotopic (exact) mass is 255 g/mol. The lowest BCUT2D eigenvalue weighted by molar-refractivity contribution is -0.384. The van der Waals surface area contributed by atoms with E-state index in [4.69, 9.17) is 0 Å². The molecule has 10 heavy (non-hydrogen) atoms. The number of nitrogens with zero attached hydrogens (tertiary/aromatic N) is 1. The molecule has 0 bridgehead atoms. The van der Waals surface area contributed by atoms with Gasteiger partial charge in [-0.25, -0.2) is 0 Å². The van der Waals surface area contributed by atoms with E-state index in [1.165, 1.54) is 12.1 Å². The first-order valence-corrected chi connectivity index (χ1v) is 3.68. The molecular weight excluding hydrogens is 251 g/mol. The number of rotatable bonds is 1. The zero-order valence-electron chi connectivity index (χ0n) is 4.95. The van der Waals surface area contributed by atoms with Crippen LogP contribution in [0.15, 0.2) is 24.3 Å². The van der Waals surface area contributed by atoms with Gasteiger partial charge in [-0.15, -0.1) is 0 Å². The van der Waals surface area contributed by atoms with Gasteiger partial charge in [-0.1, -0.05) is 0 Å². The maximum absolute atomic E-state index is 10.1. The summed E-state index contributed by atoms with van der Waals surface area (Å²) in [7, 11) is 0. The minimum absolute atomic E-state index is 0.139. The molecule has 0 unspecified atom stereocenters. The van der Waals surface area contributed by atoms with Crippen molar-refractivity contribution in [1.82, 2.24) is 0 Å². The average Bonchev–Trinajstić information content (AvgIpc) is 1.88. The zero-order chi connectivity index (χ0) is 7.56. The summed E-state index contributed by atoms with van der Waals surface area (Å²) in [5.74, 6) is 0. The SMILES string of the molecule is O=[N+]([O-])[13c]1[13cH][13cH][13c](I)[13cH][13cH]1. The van der Waals surface area contributed by atoms with Crippen molar-refractivity contribution in [2.24, 2.45) is 0 Å². The summed E-state index contributed by atoms with van der Waals surface area (Å²) >= 11 is 2.10. The van der Waals surface area contributed by atoms with Gasteiger partial charge in [0.1, 0.15) is 0 Å². The molecule has 1 aromatic rings. The Morgan fingerprint density at radius 2 is 1.80 bits per heavy atom. The maximum atomic E-state index is 10.1. The van der Waals surface area contributed by atoms with Crippen molar-refractivity contribution >= 4 is 28.3 Å². The molecule has 0 radical (unpaired) electrons. The Balaban J connectivity index is 3.00. The molecule has 0 spiro atoms. The molecule has 1 aromatic carbocycles. The molecule has 0 aromatic heterocycles. The van der Waals surface area contributed by atoms with Gasteiger partial charge in [-0.05, 0) is 34.7 Å². The quantitative estimate of drug-likeness (QED) is 0.438. The first-order valence-electron chi connectivity index (χ1n) is 2.60. The third-order valence-electron chi connectivity index (χ3n) is 1.04. The van der Waals surface area contributed by atoms with E-state index in [1.807, 2.05) is 0 Å². The van der Waals surface area contributed by atoms with E-state index < -0.39 is 4.92 Å². The van der Waals surface area contributed by atoms with Crippen LogP contribution in [0.25, 0.3) is 0 Å². The Morgan fingerprint density at radius 3 is 2.20 bits per heavy atom. The Morgan fingerprint density at radius 1 is 1.30 bits per heavy atom. The van der Waals surface area contributed by atoms with Gasteiger partial charge in [0.05, 0.1) is 4.92 Å². The first-order chi connectivity index (χ1) is 4.70. The summed E-state index contributed by atoms with van der Waals surface area (Å²) in [5, 5.41) is 10.1. The van der Waals surface area contributed by atoms with Crippen molar-refractivity contribution in [3.63, 3.8) is 0 Å². The van der Waals surface area contributed by atoms with Crippen molar-refractivity contribution in [3.05, 3.63) is 37.9 Å². The van der Waals surface area contributed by atoms with E-state index in [0.29, 0.717) is 0 Å². The topological polar surface area (TPSA) is 43.1 Å². The van der Waals surface area contributed by atoms with Gasteiger partial charge in [0.2, 0.25) is 0 Å². The normalized spacial score (nSPS) is 9.30. The van der Waals surface area contributed by atoms with Crippen LogP contribution in [-0.4, -0.2) is 4.92 Å². The van der Waals surface area contributed by atoms with E-state index in [9.17, 15) is 10.1 Å². The number of halogens is 1. The highest BCUT2D eigenvalue weighted by Gasteiger charge is 2.01. The molecule has 0 saturated heterocycles. The van der Waals surface area contributed by atoms with Crippen LogP contribution in [0.2, 0.25) is 0 Å². The van der Waals surface area contributed by atoms with Gasteiger partial charge in [0.15, 0.2) is 0 Å². The van der Waals surface area contributed by atoms with Crippen molar-refractivity contribution in [2.45, 2.75) is 0 Å². The summed E-state index contributed by atoms with van der Waals surface area (Å²) in [4.78, 5) is 9.71. The van der Waals surface area contributed by atoms with Crippen molar-refractivity contribution < 1.29 is 4.92 Å². The fraction of sp³-hybridized carbons (Fsp3) is 0. The number of nitro benzene ring substituents is 1. The van der Waals surface area contributed by atoms with Gasteiger partial charge in [-0.3, -0.25) is 10.1 Å². The van der Waals surface area contributed by atoms with Crippen LogP contribution >= 0.6 is 22.6 Å². The number of hydrogen-bond donors (Lipinski definition) is 0. The number of non-ortho nitro benzene ring substituents is 1. The van der Waals surface area contributed by atoms with Crippen LogP contribution in [0, 0.1) is 13.7 Å². The Bertz CT molecular complexity index is 244. The standard InChI is InChI=1S/C6H4INO2/c7-5-1-3-6(4-2-5)8(9)10/h1-4H/i1+1,2+1,3+1,4+1,5+1,6+1. The summed E-state index contributed by atoms with van der Waals surface area (Å²) in [6.07, 6.45) is 0. The smallest absolute Gasteiger partial charge is 0.258 e. The molecule has 3 nitrogen and oxygen atoms in total. The van der Waals surface area contributed by atoms with Crippen LogP contribution in [0.3, 0.4) is 0 Å². The Labute approximate surface area is 71.3 Å². The van der Waals surface area contributed by atoms with Gasteiger partial charge in [0, 0.05) is 15.7 Å². The van der Waals surface area contributed by atoms with Crippen LogP contribution in [0.1, 0.15) is 0 Å². The summed E-state index contributed by atoms with van der Waals surface area (Å²) in [5.41, 5.74) is 0.139. The van der Waals surface area contributed by atoms with E-state index in [-0.39, 0.29) is 5.69 Å². The van der Waals surface area contributed by atoms with Gasteiger partial charge >= 0.3 is 0 Å². The molecular formula is C6H4INO2. The zero-order valence-corrected chi connectivity index (χ0v) is 7.11. The summed E-state index contributed by atoms with van der Waals surface area (Å²) < 4.78 is 1.00. The second kappa shape index (κ2) is 2.96. The highest BCUT2D eigenvalue weighted by Crippen LogP contribution is 2.12. The van der Waals surface area contributed by atoms with Crippen LogP contribution in [-0.2, 0) is 0 Å². The highest BCUT2D eigenvalue weighted by atomic mass is 127. The predicted octanol–water partition coefficient (Wildman–Crippen LogP) is 2.20. The lowest BCUT2D eigenvalue weighted by Gasteiger charge is -1.88. The van der Waals surface area contributed by atoms with Gasteiger partial charge in [0.25, 0.3) is 5.69 Å². The number of nitro groups is 1. The van der Waals surface area contributed by atoms with Gasteiger partial charge in [-0.2, -0.15) is 0 Å². The fourth-order valence-corrected chi connectivity index (χ4v) is 0.922. The number of benzene rings is 1. The van der Waals surface area contributed by atoms with Crippen molar-refractivity contribution in [3.8, 4) is 0 Å². The second-order valence-electron chi connectivity index (χ2n) is 1.73. The minimum atomic E-state index is -0.407. The van der Waals surface area contributed by atoms with Gasteiger partial charge < -0.3 is 0 Å². The molecule has 0 atom stereocenters. The number of hydrogen-bond acceptors (Lipinski definition) is 2. The molecule has 0 aliphatic carbocycles. The van der Waals surface area contributed by atoms with E-state index in [2.05, 4.69) is 22.6 Å². The third-order valence-corrected chi connectivity index (χ3v) is 1.76. The highest BCUT2D eigenvalue weighted by molar-refractivity contribution is 14.1. The molecule has 0 N–H and O–H groups in total. The summed E-state index contributed by atoms with van der Waals surface area (Å²) in [6, 6.07) is 6.39. The molecule has 0 aliphatic heterocycles. The molecule has 4 heteroatoms. The molecule has 0 amide bonds. The first kappa shape index (κ1) is 7.46. The van der Waals surface area contributed by atoms with E-state index >= 15 is 0 Å². The van der Waals surface area contributed by atoms with Crippen LogP contribution in [0.4, 0.5) is 5.69 Å². The fourth-order valence-electron chi connectivity index (χ4n) is 0.563. The lowest BCUT2D eigenvalue weighted by Crippen LogP contribution is -1.86. The molecule has 0 aliphatic rings. The van der Waals surface area contributed by atoms with E-state index in [0.717, 1.165) is 3.57 Å².